The smallest absolute Gasteiger partial charge is 0.123 e. The summed E-state index contributed by atoms with van der Waals surface area (Å²) in [5, 5.41) is 9.29. The van der Waals surface area contributed by atoms with Crippen molar-refractivity contribution in [2.45, 2.75) is 26.3 Å². The molecule has 0 saturated carbocycles. The monoisotopic (exact) mass is 264 g/mol. The fraction of sp³-hybridized carbons (Fsp3) is 0.600. The maximum atomic E-state index is 9.29. The van der Waals surface area contributed by atoms with Crippen LogP contribution >= 0.6 is 0 Å². The van der Waals surface area contributed by atoms with Crippen LogP contribution < -0.4 is 10.5 Å². The SMILES string of the molecule is CCOc1ccc(N)cc1CN1CCCC(CO)C1. The Morgan fingerprint density at radius 2 is 2.32 bits per heavy atom. The van der Waals surface area contributed by atoms with E-state index in [9.17, 15) is 5.11 Å². The molecule has 0 aliphatic carbocycles. The zero-order valence-electron chi connectivity index (χ0n) is 11.6. The quantitative estimate of drug-likeness (QED) is 0.797. The van der Waals surface area contributed by atoms with E-state index >= 15 is 0 Å². The van der Waals surface area contributed by atoms with Crippen LogP contribution in [0.3, 0.4) is 0 Å². The fourth-order valence-electron chi connectivity index (χ4n) is 2.70. The summed E-state index contributed by atoms with van der Waals surface area (Å²) < 4.78 is 5.66. The molecule has 0 spiro atoms. The molecule has 106 valence electrons. The number of benzene rings is 1. The van der Waals surface area contributed by atoms with Crippen LogP contribution in [-0.2, 0) is 6.54 Å². The minimum absolute atomic E-state index is 0.283. The van der Waals surface area contributed by atoms with Crippen LogP contribution in [0.5, 0.6) is 5.75 Å². The van der Waals surface area contributed by atoms with E-state index in [-0.39, 0.29) is 6.61 Å². The van der Waals surface area contributed by atoms with Crippen molar-refractivity contribution in [3.8, 4) is 5.75 Å². The van der Waals surface area contributed by atoms with Crippen LogP contribution in [0.25, 0.3) is 0 Å². The lowest BCUT2D eigenvalue weighted by Gasteiger charge is -2.32. The summed E-state index contributed by atoms with van der Waals surface area (Å²) in [4.78, 5) is 2.38. The topological polar surface area (TPSA) is 58.7 Å². The number of anilines is 1. The molecule has 1 saturated heterocycles. The molecule has 1 atom stereocenters. The average molecular weight is 264 g/mol. The van der Waals surface area contributed by atoms with Gasteiger partial charge in [-0.25, -0.2) is 0 Å². The van der Waals surface area contributed by atoms with E-state index in [4.69, 9.17) is 10.5 Å². The normalized spacial score (nSPS) is 20.4. The van der Waals surface area contributed by atoms with E-state index in [2.05, 4.69) is 4.90 Å². The van der Waals surface area contributed by atoms with Crippen molar-refractivity contribution in [3.05, 3.63) is 23.8 Å². The maximum Gasteiger partial charge on any atom is 0.123 e. The Kier molecular flexibility index (Phi) is 5.05. The van der Waals surface area contributed by atoms with Crippen molar-refractivity contribution in [1.82, 2.24) is 4.90 Å². The predicted octanol–water partition coefficient (Wildman–Crippen LogP) is 1.87. The Morgan fingerprint density at radius 1 is 1.47 bits per heavy atom. The molecule has 1 aromatic carbocycles. The third kappa shape index (κ3) is 3.85. The van der Waals surface area contributed by atoms with E-state index in [1.54, 1.807) is 0 Å². The third-order valence-electron chi connectivity index (χ3n) is 3.64. The number of rotatable bonds is 5. The van der Waals surface area contributed by atoms with Gasteiger partial charge in [0.05, 0.1) is 6.61 Å². The Morgan fingerprint density at radius 3 is 3.05 bits per heavy atom. The number of hydrogen-bond donors (Lipinski definition) is 2. The molecular formula is C15H24N2O2. The minimum atomic E-state index is 0.283. The summed E-state index contributed by atoms with van der Waals surface area (Å²) in [6.45, 7) is 5.81. The molecule has 1 aromatic rings. The minimum Gasteiger partial charge on any atom is -0.494 e. The molecule has 0 amide bonds. The number of piperidine rings is 1. The molecule has 19 heavy (non-hydrogen) atoms. The van der Waals surface area contributed by atoms with Gasteiger partial charge in [0.2, 0.25) is 0 Å². The highest BCUT2D eigenvalue weighted by Gasteiger charge is 2.20. The lowest BCUT2D eigenvalue weighted by Crippen LogP contribution is -2.36. The summed E-state index contributed by atoms with van der Waals surface area (Å²) in [6, 6.07) is 5.82. The van der Waals surface area contributed by atoms with Gasteiger partial charge in [-0.3, -0.25) is 4.90 Å². The molecule has 2 rings (SSSR count). The number of nitrogen functional groups attached to an aromatic ring is 1. The first-order chi connectivity index (χ1) is 9.22. The Hall–Kier alpha value is -1.26. The molecule has 0 radical (unpaired) electrons. The highest BCUT2D eigenvalue weighted by atomic mass is 16.5. The van der Waals surface area contributed by atoms with E-state index in [1.807, 2.05) is 25.1 Å². The number of likely N-dealkylation sites (tertiary alicyclic amines) is 1. The van der Waals surface area contributed by atoms with Gasteiger partial charge < -0.3 is 15.6 Å². The van der Waals surface area contributed by atoms with Crippen molar-refractivity contribution in [1.29, 1.82) is 0 Å². The predicted molar refractivity (Wildman–Crippen MR) is 77.1 cm³/mol. The first kappa shape index (κ1) is 14.2. The first-order valence-corrected chi connectivity index (χ1v) is 7.07. The highest BCUT2D eigenvalue weighted by molar-refractivity contribution is 5.47. The average Bonchev–Trinajstić information content (AvgIpc) is 2.42. The van der Waals surface area contributed by atoms with E-state index in [0.29, 0.717) is 12.5 Å². The number of nitrogens with zero attached hydrogens (tertiary/aromatic N) is 1. The molecule has 4 nitrogen and oxygen atoms in total. The van der Waals surface area contributed by atoms with E-state index in [1.165, 1.54) is 0 Å². The summed E-state index contributed by atoms with van der Waals surface area (Å²) in [5.74, 6) is 1.33. The van der Waals surface area contributed by atoms with Crippen molar-refractivity contribution < 1.29 is 9.84 Å². The number of nitrogens with two attached hydrogens (primary N) is 1. The van der Waals surface area contributed by atoms with Crippen molar-refractivity contribution in [2.75, 3.05) is 32.0 Å². The Labute approximate surface area is 115 Å². The molecule has 1 unspecified atom stereocenters. The maximum absolute atomic E-state index is 9.29. The molecule has 1 heterocycles. The van der Waals surface area contributed by atoms with Gasteiger partial charge in [-0.2, -0.15) is 0 Å². The molecular weight excluding hydrogens is 240 g/mol. The van der Waals surface area contributed by atoms with Crippen molar-refractivity contribution in [3.63, 3.8) is 0 Å². The molecule has 1 aliphatic heterocycles. The van der Waals surface area contributed by atoms with Crippen LogP contribution in [0.2, 0.25) is 0 Å². The van der Waals surface area contributed by atoms with E-state index in [0.717, 1.165) is 49.5 Å². The van der Waals surface area contributed by atoms with Gasteiger partial charge in [0.15, 0.2) is 0 Å². The largest absolute Gasteiger partial charge is 0.494 e. The van der Waals surface area contributed by atoms with E-state index < -0.39 is 0 Å². The lowest BCUT2D eigenvalue weighted by molar-refractivity contribution is 0.115. The van der Waals surface area contributed by atoms with Crippen molar-refractivity contribution >= 4 is 5.69 Å². The lowest BCUT2D eigenvalue weighted by atomic mass is 9.98. The summed E-state index contributed by atoms with van der Waals surface area (Å²) in [7, 11) is 0. The number of aliphatic hydroxyl groups is 1. The fourth-order valence-corrected chi connectivity index (χ4v) is 2.70. The van der Waals surface area contributed by atoms with Gasteiger partial charge in [0, 0.05) is 30.9 Å². The first-order valence-electron chi connectivity index (χ1n) is 7.07. The number of aliphatic hydroxyl groups excluding tert-OH is 1. The van der Waals surface area contributed by atoms with Crippen LogP contribution in [0.4, 0.5) is 5.69 Å². The van der Waals surface area contributed by atoms with Gasteiger partial charge >= 0.3 is 0 Å². The second-order valence-electron chi connectivity index (χ2n) is 5.23. The van der Waals surface area contributed by atoms with Crippen LogP contribution in [-0.4, -0.2) is 36.3 Å². The van der Waals surface area contributed by atoms with Crippen molar-refractivity contribution in [2.24, 2.45) is 5.92 Å². The van der Waals surface area contributed by atoms with Crippen LogP contribution in [0.15, 0.2) is 18.2 Å². The third-order valence-corrected chi connectivity index (χ3v) is 3.64. The number of ether oxygens (including phenoxy) is 1. The van der Waals surface area contributed by atoms with Gasteiger partial charge in [-0.15, -0.1) is 0 Å². The second-order valence-corrected chi connectivity index (χ2v) is 5.23. The standard InChI is InChI=1S/C15H24N2O2/c1-2-19-15-6-5-14(16)8-13(15)10-17-7-3-4-12(9-17)11-18/h5-6,8,12,18H,2-4,7,9-11,16H2,1H3. The van der Waals surface area contributed by atoms with Crippen LogP contribution in [0, 0.1) is 5.92 Å². The zero-order valence-corrected chi connectivity index (χ0v) is 11.6. The summed E-state index contributed by atoms with van der Waals surface area (Å²) in [5.41, 5.74) is 7.78. The summed E-state index contributed by atoms with van der Waals surface area (Å²) >= 11 is 0. The Balaban J connectivity index is 2.06. The molecule has 3 N–H and O–H groups in total. The number of hydrogen-bond acceptors (Lipinski definition) is 4. The molecule has 0 bridgehead atoms. The van der Waals surface area contributed by atoms with Gasteiger partial charge in [0.25, 0.3) is 0 Å². The van der Waals surface area contributed by atoms with Gasteiger partial charge in [0.1, 0.15) is 5.75 Å². The van der Waals surface area contributed by atoms with Crippen LogP contribution in [0.1, 0.15) is 25.3 Å². The Bertz CT molecular complexity index is 409. The molecule has 0 aromatic heterocycles. The molecule has 4 heteroatoms. The van der Waals surface area contributed by atoms with Gasteiger partial charge in [-0.1, -0.05) is 0 Å². The van der Waals surface area contributed by atoms with Gasteiger partial charge in [-0.05, 0) is 50.4 Å². The highest BCUT2D eigenvalue weighted by Crippen LogP contribution is 2.25. The zero-order chi connectivity index (χ0) is 13.7. The summed E-state index contributed by atoms with van der Waals surface area (Å²) in [6.07, 6.45) is 2.28. The molecule has 1 aliphatic rings. The second kappa shape index (κ2) is 6.78. The molecule has 1 fully saturated rings.